The van der Waals surface area contributed by atoms with Gasteiger partial charge in [0.2, 0.25) is 5.91 Å². The lowest BCUT2D eigenvalue weighted by molar-refractivity contribution is -0.143. The summed E-state index contributed by atoms with van der Waals surface area (Å²) in [6.45, 7) is 4.97. The van der Waals surface area contributed by atoms with Crippen LogP contribution in [0, 0.1) is 0 Å². The molecule has 0 aliphatic carbocycles. The van der Waals surface area contributed by atoms with Crippen LogP contribution in [0.1, 0.15) is 354 Å². The van der Waals surface area contributed by atoms with Crippen LogP contribution in [-0.2, 0) is 14.3 Å². The summed E-state index contributed by atoms with van der Waals surface area (Å²) < 4.78 is 5.48. The summed E-state index contributed by atoms with van der Waals surface area (Å²) in [5.74, 6) is -0.0410. The molecule has 0 aromatic rings. The van der Waals surface area contributed by atoms with Crippen molar-refractivity contribution in [1.29, 1.82) is 0 Å². The van der Waals surface area contributed by atoms with E-state index in [1.165, 1.54) is 270 Å². The Bertz CT molecular complexity index is 1030. The highest BCUT2D eigenvalue weighted by Crippen LogP contribution is 2.18. The zero-order valence-electron chi connectivity index (χ0n) is 46.8. The molecule has 2 unspecified atom stereocenters. The molecule has 69 heavy (non-hydrogen) atoms. The third kappa shape index (κ3) is 55.8. The number of hydrogen-bond acceptors (Lipinski definition) is 5. The summed E-state index contributed by atoms with van der Waals surface area (Å²) in [4.78, 5) is 24.6. The van der Waals surface area contributed by atoms with Crippen molar-refractivity contribution in [2.45, 2.75) is 366 Å². The van der Waals surface area contributed by atoms with Gasteiger partial charge in [-0.3, -0.25) is 9.59 Å². The molecule has 0 heterocycles. The van der Waals surface area contributed by atoms with Gasteiger partial charge >= 0.3 is 5.97 Å². The second-order valence-electron chi connectivity index (χ2n) is 21.7. The molecule has 0 radical (unpaired) electrons. The van der Waals surface area contributed by atoms with E-state index in [1.807, 2.05) is 0 Å². The van der Waals surface area contributed by atoms with Crippen LogP contribution < -0.4 is 5.32 Å². The Hall–Kier alpha value is -1.40. The number of ether oxygens (including phenoxy) is 1. The number of amides is 1. The number of aliphatic hydroxyl groups excluding tert-OH is 2. The molecule has 0 aromatic carbocycles. The molecular formula is C63H123NO5. The van der Waals surface area contributed by atoms with Gasteiger partial charge in [-0.25, -0.2) is 0 Å². The topological polar surface area (TPSA) is 95.9 Å². The summed E-state index contributed by atoms with van der Waals surface area (Å²) in [5.41, 5.74) is 0. The molecule has 0 rings (SSSR count). The highest BCUT2D eigenvalue weighted by Gasteiger charge is 2.20. The molecule has 6 heteroatoms. The fourth-order valence-corrected chi connectivity index (χ4v) is 9.99. The molecule has 1 amide bonds. The van der Waals surface area contributed by atoms with Gasteiger partial charge in [0.25, 0.3) is 0 Å². The van der Waals surface area contributed by atoms with Gasteiger partial charge in [-0.15, -0.1) is 0 Å². The average molecular weight is 975 g/mol. The molecule has 0 saturated heterocycles. The maximum absolute atomic E-state index is 12.5. The molecule has 3 N–H and O–H groups in total. The van der Waals surface area contributed by atoms with Crippen LogP contribution in [0.15, 0.2) is 12.2 Å². The third-order valence-electron chi connectivity index (χ3n) is 14.8. The van der Waals surface area contributed by atoms with Crippen LogP contribution in [0.2, 0.25) is 0 Å². The predicted molar refractivity (Wildman–Crippen MR) is 301 cm³/mol. The Morgan fingerprint density at radius 3 is 1.03 bits per heavy atom. The molecule has 0 bridgehead atoms. The maximum atomic E-state index is 12.5. The molecule has 6 nitrogen and oxygen atoms in total. The second-order valence-corrected chi connectivity index (χ2v) is 21.7. The first-order valence-corrected chi connectivity index (χ1v) is 31.4. The van der Waals surface area contributed by atoms with E-state index in [0.717, 1.165) is 51.4 Å². The Labute approximate surface area is 431 Å². The van der Waals surface area contributed by atoms with Crippen molar-refractivity contribution < 1.29 is 24.5 Å². The zero-order chi connectivity index (χ0) is 50.0. The monoisotopic (exact) mass is 974 g/mol. The van der Waals surface area contributed by atoms with Gasteiger partial charge in [0.1, 0.15) is 0 Å². The van der Waals surface area contributed by atoms with Crippen LogP contribution in [0.25, 0.3) is 0 Å². The highest BCUT2D eigenvalue weighted by atomic mass is 16.5. The summed E-state index contributed by atoms with van der Waals surface area (Å²) in [6, 6.07) is -0.550. The van der Waals surface area contributed by atoms with Crippen molar-refractivity contribution >= 4 is 11.9 Å². The zero-order valence-corrected chi connectivity index (χ0v) is 46.8. The van der Waals surface area contributed by atoms with Gasteiger partial charge in [-0.05, 0) is 51.4 Å². The Morgan fingerprint density at radius 2 is 0.681 bits per heavy atom. The number of allylic oxidation sites excluding steroid dienone is 2. The van der Waals surface area contributed by atoms with Gasteiger partial charge in [-0.2, -0.15) is 0 Å². The number of unbranched alkanes of at least 4 members (excludes halogenated alkanes) is 46. The van der Waals surface area contributed by atoms with E-state index < -0.39 is 12.1 Å². The van der Waals surface area contributed by atoms with E-state index in [4.69, 9.17) is 4.74 Å². The number of nitrogens with one attached hydrogen (secondary N) is 1. The van der Waals surface area contributed by atoms with Gasteiger partial charge in [0, 0.05) is 12.8 Å². The van der Waals surface area contributed by atoms with E-state index in [0.29, 0.717) is 25.9 Å². The largest absolute Gasteiger partial charge is 0.466 e. The standard InChI is InChI=1S/C63H123NO5/c1-3-5-7-9-11-13-15-17-19-20-21-22-24-28-31-35-39-43-47-51-55-61(66)60(59-65)64-62(67)56-52-48-44-40-36-32-29-25-23-26-30-34-38-42-46-50-54-58-69-63(68)57-53-49-45-41-37-33-27-18-16-14-12-10-8-6-4-2/h23,26,60-61,65-66H,3-22,24-25,27-59H2,1-2H3,(H,64,67)/b26-23-. The number of esters is 1. The summed E-state index contributed by atoms with van der Waals surface area (Å²) in [6.07, 6.45) is 70.7. The quantitative estimate of drug-likeness (QED) is 0.0321. The summed E-state index contributed by atoms with van der Waals surface area (Å²) in [7, 11) is 0. The van der Waals surface area contributed by atoms with Crippen molar-refractivity contribution in [2.75, 3.05) is 13.2 Å². The fraction of sp³-hybridized carbons (Fsp3) is 0.937. The Balaban J connectivity index is 3.44. The van der Waals surface area contributed by atoms with E-state index >= 15 is 0 Å². The Kier molecular flexibility index (Phi) is 58.0. The average Bonchev–Trinajstić information content (AvgIpc) is 3.35. The van der Waals surface area contributed by atoms with Crippen molar-refractivity contribution in [3.63, 3.8) is 0 Å². The molecule has 0 aliphatic rings. The minimum absolute atomic E-state index is 0.00211. The van der Waals surface area contributed by atoms with Gasteiger partial charge < -0.3 is 20.3 Å². The summed E-state index contributed by atoms with van der Waals surface area (Å²) >= 11 is 0. The van der Waals surface area contributed by atoms with Crippen molar-refractivity contribution in [1.82, 2.24) is 5.32 Å². The first kappa shape index (κ1) is 67.6. The van der Waals surface area contributed by atoms with Gasteiger partial charge in [-0.1, -0.05) is 302 Å². The molecule has 410 valence electrons. The molecule has 2 atom stereocenters. The molecule has 0 fully saturated rings. The maximum Gasteiger partial charge on any atom is 0.305 e. The van der Waals surface area contributed by atoms with E-state index in [1.54, 1.807) is 0 Å². The molecular weight excluding hydrogens is 851 g/mol. The van der Waals surface area contributed by atoms with Crippen LogP contribution in [0.5, 0.6) is 0 Å². The minimum atomic E-state index is -0.672. The molecule has 0 aliphatic heterocycles. The highest BCUT2D eigenvalue weighted by molar-refractivity contribution is 5.76. The van der Waals surface area contributed by atoms with Crippen molar-refractivity contribution in [3.05, 3.63) is 12.2 Å². The van der Waals surface area contributed by atoms with Gasteiger partial charge in [0.05, 0.1) is 25.4 Å². The van der Waals surface area contributed by atoms with Crippen LogP contribution >= 0.6 is 0 Å². The SMILES string of the molecule is CCCCCCCCCCCCCCCCCCCCCCC(O)C(CO)NC(=O)CCCCCCCCC/C=C\CCCCCCCCOC(=O)CCCCCCCCCCCCCCCCC. The normalized spacial score (nSPS) is 12.6. The van der Waals surface area contributed by atoms with Crippen LogP contribution in [0.4, 0.5) is 0 Å². The minimum Gasteiger partial charge on any atom is -0.466 e. The van der Waals surface area contributed by atoms with Crippen LogP contribution in [-0.4, -0.2) is 47.4 Å². The summed E-state index contributed by atoms with van der Waals surface area (Å²) in [5, 5.41) is 23.4. The lowest BCUT2D eigenvalue weighted by Gasteiger charge is -2.22. The lowest BCUT2D eigenvalue weighted by atomic mass is 10.0. The lowest BCUT2D eigenvalue weighted by Crippen LogP contribution is -2.45. The number of carbonyl (C=O) groups is 2. The van der Waals surface area contributed by atoms with E-state index in [2.05, 4.69) is 31.3 Å². The number of hydrogen-bond donors (Lipinski definition) is 3. The fourth-order valence-electron chi connectivity index (χ4n) is 9.99. The number of aliphatic hydroxyl groups is 2. The van der Waals surface area contributed by atoms with Gasteiger partial charge in [0.15, 0.2) is 0 Å². The van der Waals surface area contributed by atoms with E-state index in [9.17, 15) is 19.8 Å². The molecule has 0 spiro atoms. The smallest absolute Gasteiger partial charge is 0.305 e. The van der Waals surface area contributed by atoms with Crippen molar-refractivity contribution in [3.8, 4) is 0 Å². The van der Waals surface area contributed by atoms with E-state index in [-0.39, 0.29) is 18.5 Å². The third-order valence-corrected chi connectivity index (χ3v) is 14.8. The predicted octanol–water partition coefficient (Wildman–Crippen LogP) is 19.6. The molecule has 0 aromatic heterocycles. The first-order valence-electron chi connectivity index (χ1n) is 31.4. The van der Waals surface area contributed by atoms with Crippen molar-refractivity contribution in [2.24, 2.45) is 0 Å². The number of rotatable bonds is 59. The Morgan fingerprint density at radius 1 is 0.391 bits per heavy atom. The number of carbonyl (C=O) groups excluding carboxylic acids is 2. The molecule has 0 saturated carbocycles. The first-order chi connectivity index (χ1) is 34.0. The second kappa shape index (κ2) is 59.2. The van der Waals surface area contributed by atoms with Crippen LogP contribution in [0.3, 0.4) is 0 Å².